The summed E-state index contributed by atoms with van der Waals surface area (Å²) in [6.45, 7) is 1.86. The molecule has 2 N–H and O–H groups in total. The van der Waals surface area contributed by atoms with Crippen LogP contribution in [-0.2, 0) is 0 Å². The first-order chi connectivity index (χ1) is 14.3. The Morgan fingerprint density at radius 2 is 1.57 bits per heavy atom. The first-order valence-electron chi connectivity index (χ1n) is 9.10. The van der Waals surface area contributed by atoms with Crippen LogP contribution >= 0.6 is 0 Å². The van der Waals surface area contributed by atoms with Crippen molar-refractivity contribution in [1.29, 1.82) is 0 Å². The second kappa shape index (κ2) is 7.55. The van der Waals surface area contributed by atoms with Crippen molar-refractivity contribution in [2.24, 2.45) is 0 Å². The standard InChI is InChI=1S/C22H16F3N3O2/c1-12(14-7-6-13-4-2-3-5-15(13)8-14)26-19-11-20(29)28(22(30)27-19)16-9-17(23)21(25)18(24)10-16/h2-12,26H,1H3,(H,27,30)/t12-/m0/s1. The lowest BCUT2D eigenvalue weighted by Gasteiger charge is -2.16. The van der Waals surface area contributed by atoms with Gasteiger partial charge in [-0.2, -0.15) is 0 Å². The molecule has 1 aromatic heterocycles. The number of hydrogen-bond acceptors (Lipinski definition) is 3. The molecule has 152 valence electrons. The molecule has 1 atom stereocenters. The van der Waals surface area contributed by atoms with Crippen molar-refractivity contribution in [3.05, 3.63) is 105 Å². The summed E-state index contributed by atoms with van der Waals surface area (Å²) < 4.78 is 40.7. The summed E-state index contributed by atoms with van der Waals surface area (Å²) in [6.07, 6.45) is 0. The van der Waals surface area contributed by atoms with E-state index in [1.54, 1.807) is 0 Å². The van der Waals surface area contributed by atoms with Crippen molar-refractivity contribution in [2.75, 3.05) is 5.32 Å². The predicted octanol–water partition coefficient (Wildman–Crippen LogP) is 4.27. The molecule has 1 heterocycles. The van der Waals surface area contributed by atoms with Crippen LogP contribution in [0, 0.1) is 17.5 Å². The number of H-pyrrole nitrogens is 1. The second-order valence-corrected chi connectivity index (χ2v) is 6.86. The molecule has 0 radical (unpaired) electrons. The van der Waals surface area contributed by atoms with E-state index >= 15 is 0 Å². The number of fused-ring (bicyclic) bond motifs is 1. The van der Waals surface area contributed by atoms with Gasteiger partial charge < -0.3 is 5.32 Å². The van der Waals surface area contributed by atoms with Crippen molar-refractivity contribution in [3.8, 4) is 5.69 Å². The normalized spacial score (nSPS) is 12.1. The van der Waals surface area contributed by atoms with Crippen molar-refractivity contribution in [1.82, 2.24) is 9.55 Å². The van der Waals surface area contributed by atoms with E-state index < -0.39 is 34.4 Å². The van der Waals surface area contributed by atoms with Gasteiger partial charge in [0.25, 0.3) is 5.56 Å². The fourth-order valence-corrected chi connectivity index (χ4v) is 3.28. The number of nitrogens with one attached hydrogen (secondary N) is 2. The number of aromatic amines is 1. The number of rotatable bonds is 4. The fraction of sp³-hybridized carbons (Fsp3) is 0.0909. The van der Waals surface area contributed by atoms with E-state index in [4.69, 9.17) is 0 Å². The van der Waals surface area contributed by atoms with Crippen LogP contribution < -0.4 is 16.6 Å². The van der Waals surface area contributed by atoms with Crippen LogP contribution in [0.2, 0.25) is 0 Å². The van der Waals surface area contributed by atoms with E-state index in [0.29, 0.717) is 16.7 Å². The second-order valence-electron chi connectivity index (χ2n) is 6.86. The quantitative estimate of drug-likeness (QED) is 0.493. The van der Waals surface area contributed by atoms with E-state index in [1.165, 1.54) is 0 Å². The van der Waals surface area contributed by atoms with Crippen molar-refractivity contribution < 1.29 is 13.2 Å². The zero-order valence-corrected chi connectivity index (χ0v) is 15.7. The maximum atomic E-state index is 13.5. The third kappa shape index (κ3) is 3.59. The van der Waals surface area contributed by atoms with Crippen LogP contribution in [0.25, 0.3) is 16.5 Å². The van der Waals surface area contributed by atoms with E-state index in [2.05, 4.69) is 10.3 Å². The molecule has 30 heavy (non-hydrogen) atoms. The molecule has 0 amide bonds. The Bertz CT molecular complexity index is 1320. The van der Waals surface area contributed by atoms with Crippen LogP contribution in [0.5, 0.6) is 0 Å². The van der Waals surface area contributed by atoms with E-state index in [0.717, 1.165) is 22.4 Å². The highest BCUT2D eigenvalue weighted by Gasteiger charge is 2.15. The molecule has 0 aliphatic carbocycles. The van der Waals surface area contributed by atoms with E-state index in [9.17, 15) is 22.8 Å². The molecule has 5 nitrogen and oxygen atoms in total. The summed E-state index contributed by atoms with van der Waals surface area (Å²) in [6, 6.07) is 15.8. The Kier molecular flexibility index (Phi) is 4.91. The smallest absolute Gasteiger partial charge is 0.334 e. The molecule has 3 aromatic carbocycles. The highest BCUT2D eigenvalue weighted by atomic mass is 19.2. The lowest BCUT2D eigenvalue weighted by molar-refractivity contribution is 0.446. The van der Waals surface area contributed by atoms with E-state index in [1.807, 2.05) is 49.4 Å². The molecule has 0 saturated heterocycles. The molecule has 0 aliphatic rings. The maximum Gasteiger partial charge on any atom is 0.334 e. The number of halogens is 3. The molecule has 0 spiro atoms. The molecule has 0 bridgehead atoms. The maximum absolute atomic E-state index is 13.5. The topological polar surface area (TPSA) is 66.9 Å². The Morgan fingerprint density at radius 3 is 2.23 bits per heavy atom. The minimum Gasteiger partial charge on any atom is -0.365 e. The van der Waals surface area contributed by atoms with Crippen LogP contribution in [-0.4, -0.2) is 9.55 Å². The summed E-state index contributed by atoms with van der Waals surface area (Å²) in [5.41, 5.74) is -1.22. The third-order valence-corrected chi connectivity index (χ3v) is 4.81. The van der Waals surface area contributed by atoms with Gasteiger partial charge in [-0.15, -0.1) is 0 Å². The summed E-state index contributed by atoms with van der Waals surface area (Å²) in [4.78, 5) is 27.3. The number of hydrogen-bond donors (Lipinski definition) is 2. The van der Waals surface area contributed by atoms with Gasteiger partial charge in [0, 0.05) is 24.2 Å². The monoisotopic (exact) mass is 411 g/mol. The number of anilines is 1. The molecule has 4 rings (SSSR count). The molecule has 0 unspecified atom stereocenters. The minimum atomic E-state index is -1.68. The third-order valence-electron chi connectivity index (χ3n) is 4.81. The summed E-state index contributed by atoms with van der Waals surface area (Å²) >= 11 is 0. The van der Waals surface area contributed by atoms with Gasteiger partial charge in [-0.25, -0.2) is 22.5 Å². The summed E-state index contributed by atoms with van der Waals surface area (Å²) in [5, 5.41) is 5.17. The summed E-state index contributed by atoms with van der Waals surface area (Å²) in [7, 11) is 0. The molecular formula is C22H16F3N3O2. The first kappa shape index (κ1) is 19.5. The Morgan fingerprint density at radius 1 is 0.900 bits per heavy atom. The SMILES string of the molecule is C[C@H](Nc1cc(=O)n(-c2cc(F)c(F)c(F)c2)c(=O)[nH]1)c1ccc2ccccc2c1. The average Bonchev–Trinajstić information content (AvgIpc) is 2.71. The van der Waals surface area contributed by atoms with Gasteiger partial charge in [-0.1, -0.05) is 36.4 Å². The number of benzene rings is 3. The van der Waals surface area contributed by atoms with E-state index in [-0.39, 0.29) is 11.9 Å². The van der Waals surface area contributed by atoms with Crippen LogP contribution in [0.3, 0.4) is 0 Å². The highest BCUT2D eigenvalue weighted by molar-refractivity contribution is 5.83. The van der Waals surface area contributed by atoms with Crippen LogP contribution in [0.15, 0.2) is 70.3 Å². The van der Waals surface area contributed by atoms with Crippen LogP contribution in [0.4, 0.5) is 19.0 Å². The highest BCUT2D eigenvalue weighted by Crippen LogP contribution is 2.22. The lowest BCUT2D eigenvalue weighted by Crippen LogP contribution is -2.34. The Balaban J connectivity index is 1.66. The Hall–Kier alpha value is -3.81. The van der Waals surface area contributed by atoms with Crippen molar-refractivity contribution >= 4 is 16.6 Å². The van der Waals surface area contributed by atoms with Gasteiger partial charge in [0.1, 0.15) is 5.82 Å². The van der Waals surface area contributed by atoms with Gasteiger partial charge in [0.2, 0.25) is 0 Å². The van der Waals surface area contributed by atoms with Gasteiger partial charge in [0.05, 0.1) is 5.69 Å². The van der Waals surface area contributed by atoms with Crippen molar-refractivity contribution in [2.45, 2.75) is 13.0 Å². The van der Waals surface area contributed by atoms with Crippen LogP contribution in [0.1, 0.15) is 18.5 Å². The van der Waals surface area contributed by atoms with Gasteiger partial charge in [-0.3, -0.25) is 9.78 Å². The fourth-order valence-electron chi connectivity index (χ4n) is 3.28. The molecule has 0 saturated carbocycles. The zero-order chi connectivity index (χ0) is 21.4. The summed E-state index contributed by atoms with van der Waals surface area (Å²) in [5.74, 6) is -4.53. The Labute approximate surface area is 168 Å². The number of aromatic nitrogens is 2. The van der Waals surface area contributed by atoms with Gasteiger partial charge >= 0.3 is 5.69 Å². The predicted molar refractivity (Wildman–Crippen MR) is 109 cm³/mol. The number of nitrogens with zero attached hydrogens (tertiary/aromatic N) is 1. The van der Waals surface area contributed by atoms with Gasteiger partial charge in [0.15, 0.2) is 17.5 Å². The molecule has 8 heteroatoms. The molecule has 4 aromatic rings. The zero-order valence-electron chi connectivity index (χ0n) is 15.7. The average molecular weight is 411 g/mol. The van der Waals surface area contributed by atoms with Gasteiger partial charge in [-0.05, 0) is 29.3 Å². The van der Waals surface area contributed by atoms with Crippen molar-refractivity contribution in [3.63, 3.8) is 0 Å². The molecule has 0 aliphatic heterocycles. The molecule has 0 fully saturated rings. The lowest BCUT2D eigenvalue weighted by atomic mass is 10.0. The first-order valence-corrected chi connectivity index (χ1v) is 9.10. The largest absolute Gasteiger partial charge is 0.365 e. The molecular weight excluding hydrogens is 395 g/mol. The minimum absolute atomic E-state index is 0.143.